The number of aryl methyl sites for hydroxylation is 2. The van der Waals surface area contributed by atoms with Crippen LogP contribution in [0.25, 0.3) is 0 Å². The van der Waals surface area contributed by atoms with Gasteiger partial charge in [0.05, 0.1) is 0 Å². The Morgan fingerprint density at radius 2 is 1.75 bits per heavy atom. The molecule has 1 heteroatoms. The Morgan fingerprint density at radius 3 is 2.35 bits per heavy atom. The predicted molar refractivity (Wildman–Crippen MR) is 88.2 cm³/mol. The van der Waals surface area contributed by atoms with Crippen molar-refractivity contribution in [2.24, 2.45) is 5.92 Å². The van der Waals surface area contributed by atoms with E-state index in [4.69, 9.17) is 0 Å². The molecular weight excluding hydrogens is 242 g/mol. The molecule has 112 valence electrons. The van der Waals surface area contributed by atoms with E-state index in [9.17, 15) is 0 Å². The number of nitrogens with one attached hydrogen (secondary N) is 1. The van der Waals surface area contributed by atoms with E-state index in [-0.39, 0.29) is 0 Å². The molecular formula is C19H31N. The lowest BCUT2D eigenvalue weighted by Crippen LogP contribution is -2.21. The summed E-state index contributed by atoms with van der Waals surface area (Å²) in [6.45, 7) is 4.53. The molecule has 2 rings (SSSR count). The summed E-state index contributed by atoms with van der Waals surface area (Å²) < 4.78 is 0. The molecule has 1 aliphatic rings. The monoisotopic (exact) mass is 273 g/mol. The van der Waals surface area contributed by atoms with Crippen LogP contribution in [0.5, 0.6) is 0 Å². The smallest absolute Gasteiger partial charge is 0.0320 e. The summed E-state index contributed by atoms with van der Waals surface area (Å²) in [5.74, 6) is 0.928. The second kappa shape index (κ2) is 7.83. The molecule has 0 radical (unpaired) electrons. The van der Waals surface area contributed by atoms with Gasteiger partial charge in [-0.25, -0.2) is 0 Å². The molecule has 1 aliphatic carbocycles. The van der Waals surface area contributed by atoms with Gasteiger partial charge in [0, 0.05) is 6.04 Å². The van der Waals surface area contributed by atoms with Crippen LogP contribution in [0.1, 0.15) is 75.1 Å². The lowest BCUT2D eigenvalue weighted by Gasteiger charge is -2.27. The van der Waals surface area contributed by atoms with Crippen molar-refractivity contribution < 1.29 is 0 Å². The fourth-order valence-electron chi connectivity index (χ4n) is 3.71. The lowest BCUT2D eigenvalue weighted by atomic mass is 9.83. The molecule has 1 aromatic rings. The molecule has 1 fully saturated rings. The maximum Gasteiger partial charge on any atom is 0.0320 e. The quantitative estimate of drug-likeness (QED) is 0.765. The van der Waals surface area contributed by atoms with Crippen molar-refractivity contribution in [3.63, 3.8) is 0 Å². The van der Waals surface area contributed by atoms with Gasteiger partial charge in [0.15, 0.2) is 0 Å². The van der Waals surface area contributed by atoms with Crippen LogP contribution < -0.4 is 5.32 Å². The first-order valence-corrected chi connectivity index (χ1v) is 8.57. The van der Waals surface area contributed by atoms with Crippen LogP contribution in [0.3, 0.4) is 0 Å². The summed E-state index contributed by atoms with van der Waals surface area (Å²) in [6.07, 6.45) is 10.8. The third kappa shape index (κ3) is 3.85. The Balaban J connectivity index is 2.09. The zero-order chi connectivity index (χ0) is 14.4. The van der Waals surface area contributed by atoms with Gasteiger partial charge in [-0.1, -0.05) is 64.2 Å². The lowest BCUT2D eigenvalue weighted by molar-refractivity contribution is 0.305. The summed E-state index contributed by atoms with van der Waals surface area (Å²) in [5.41, 5.74) is 4.55. The van der Waals surface area contributed by atoms with Gasteiger partial charge in [-0.05, 0) is 48.9 Å². The van der Waals surface area contributed by atoms with Gasteiger partial charge in [0.2, 0.25) is 0 Å². The molecule has 1 aromatic carbocycles. The second-order valence-electron chi connectivity index (χ2n) is 6.32. The van der Waals surface area contributed by atoms with Crippen molar-refractivity contribution in [3.05, 3.63) is 34.9 Å². The Hall–Kier alpha value is -0.820. The largest absolute Gasteiger partial charge is 0.313 e. The Labute approximate surface area is 125 Å². The highest BCUT2D eigenvalue weighted by Crippen LogP contribution is 2.32. The Kier molecular flexibility index (Phi) is 6.09. The third-order valence-corrected chi connectivity index (χ3v) is 5.04. The van der Waals surface area contributed by atoms with Crippen molar-refractivity contribution in [1.29, 1.82) is 0 Å². The Bertz CT molecular complexity index is 404. The van der Waals surface area contributed by atoms with E-state index >= 15 is 0 Å². The fourth-order valence-corrected chi connectivity index (χ4v) is 3.71. The van der Waals surface area contributed by atoms with Gasteiger partial charge in [-0.15, -0.1) is 0 Å². The van der Waals surface area contributed by atoms with E-state index in [0.29, 0.717) is 6.04 Å². The highest BCUT2D eigenvalue weighted by Gasteiger charge is 2.19. The van der Waals surface area contributed by atoms with Gasteiger partial charge in [-0.3, -0.25) is 0 Å². The average Bonchev–Trinajstić information content (AvgIpc) is 2.53. The number of hydrogen-bond acceptors (Lipinski definition) is 1. The molecule has 0 spiro atoms. The van der Waals surface area contributed by atoms with Crippen LogP contribution in [0.15, 0.2) is 18.2 Å². The minimum Gasteiger partial charge on any atom is -0.313 e. The van der Waals surface area contributed by atoms with E-state index in [1.165, 1.54) is 55.2 Å². The minimum absolute atomic E-state index is 0.536. The van der Waals surface area contributed by atoms with Crippen LogP contribution in [0.4, 0.5) is 0 Å². The van der Waals surface area contributed by atoms with Crippen LogP contribution in [0, 0.1) is 5.92 Å². The molecule has 1 saturated carbocycles. The van der Waals surface area contributed by atoms with Gasteiger partial charge in [-0.2, -0.15) is 0 Å². The summed E-state index contributed by atoms with van der Waals surface area (Å²) in [5, 5.41) is 3.55. The SMILES string of the molecule is CCc1ccc(C(CC2CCCCC2)NC)cc1CC. The van der Waals surface area contributed by atoms with Gasteiger partial charge in [0.25, 0.3) is 0 Å². The van der Waals surface area contributed by atoms with E-state index in [1.807, 2.05) is 0 Å². The van der Waals surface area contributed by atoms with E-state index in [0.717, 1.165) is 18.8 Å². The topological polar surface area (TPSA) is 12.0 Å². The molecule has 0 aromatic heterocycles. The van der Waals surface area contributed by atoms with E-state index in [2.05, 4.69) is 44.4 Å². The fraction of sp³-hybridized carbons (Fsp3) is 0.684. The van der Waals surface area contributed by atoms with Gasteiger partial charge < -0.3 is 5.32 Å². The molecule has 1 atom stereocenters. The van der Waals surface area contributed by atoms with E-state index < -0.39 is 0 Å². The number of benzene rings is 1. The molecule has 20 heavy (non-hydrogen) atoms. The first-order valence-electron chi connectivity index (χ1n) is 8.57. The van der Waals surface area contributed by atoms with Crippen molar-refractivity contribution in [1.82, 2.24) is 5.32 Å². The summed E-state index contributed by atoms with van der Waals surface area (Å²) >= 11 is 0. The molecule has 0 heterocycles. The van der Waals surface area contributed by atoms with Crippen molar-refractivity contribution >= 4 is 0 Å². The molecule has 0 amide bonds. The predicted octanol–water partition coefficient (Wildman–Crippen LogP) is 5.04. The molecule has 0 aliphatic heterocycles. The van der Waals surface area contributed by atoms with E-state index in [1.54, 1.807) is 0 Å². The Morgan fingerprint density at radius 1 is 1.05 bits per heavy atom. The van der Waals surface area contributed by atoms with Crippen LogP contribution >= 0.6 is 0 Å². The standard InChI is InChI=1S/C19H31N/c1-4-16-11-12-18(14-17(16)5-2)19(20-3)13-15-9-7-6-8-10-15/h11-12,14-15,19-20H,4-10,13H2,1-3H3. The zero-order valence-electron chi connectivity index (χ0n) is 13.5. The maximum absolute atomic E-state index is 3.55. The number of hydrogen-bond donors (Lipinski definition) is 1. The summed E-state index contributed by atoms with van der Waals surface area (Å²) in [4.78, 5) is 0. The molecule has 0 bridgehead atoms. The average molecular weight is 273 g/mol. The second-order valence-corrected chi connectivity index (χ2v) is 6.32. The summed E-state index contributed by atoms with van der Waals surface area (Å²) in [7, 11) is 2.12. The van der Waals surface area contributed by atoms with Crippen molar-refractivity contribution in [2.45, 2.75) is 71.3 Å². The van der Waals surface area contributed by atoms with Crippen molar-refractivity contribution in [2.75, 3.05) is 7.05 Å². The maximum atomic E-state index is 3.55. The number of rotatable bonds is 6. The highest BCUT2D eigenvalue weighted by atomic mass is 14.9. The highest BCUT2D eigenvalue weighted by molar-refractivity contribution is 5.33. The molecule has 1 nitrogen and oxygen atoms in total. The first kappa shape index (κ1) is 15.6. The first-order chi connectivity index (χ1) is 9.78. The van der Waals surface area contributed by atoms with Gasteiger partial charge >= 0.3 is 0 Å². The van der Waals surface area contributed by atoms with Crippen molar-refractivity contribution in [3.8, 4) is 0 Å². The van der Waals surface area contributed by atoms with Crippen LogP contribution in [0.2, 0.25) is 0 Å². The molecule has 1 unspecified atom stereocenters. The van der Waals surface area contributed by atoms with Gasteiger partial charge in [0.1, 0.15) is 0 Å². The minimum atomic E-state index is 0.536. The van der Waals surface area contributed by atoms with Crippen LogP contribution in [-0.4, -0.2) is 7.05 Å². The van der Waals surface area contributed by atoms with Crippen LogP contribution in [-0.2, 0) is 12.8 Å². The summed E-state index contributed by atoms with van der Waals surface area (Å²) in [6, 6.07) is 7.68. The normalized spacial score (nSPS) is 18.1. The molecule has 0 saturated heterocycles. The molecule has 1 N–H and O–H groups in total. The third-order valence-electron chi connectivity index (χ3n) is 5.04. The zero-order valence-corrected chi connectivity index (χ0v) is 13.5.